The molecule has 3 aromatic carbocycles. The van der Waals surface area contributed by atoms with E-state index in [-0.39, 0.29) is 54.6 Å². The Hall–Kier alpha value is -4.20. The Morgan fingerprint density at radius 2 is 1.42 bits per heavy atom. The van der Waals surface area contributed by atoms with E-state index in [1.807, 2.05) is 0 Å². The normalized spacial score (nSPS) is 15.0. The number of halogens is 3. The summed E-state index contributed by atoms with van der Waals surface area (Å²) in [5, 5.41) is 0. The number of aromatic nitrogens is 2. The van der Waals surface area contributed by atoms with Crippen LogP contribution in [0.1, 0.15) is 22.9 Å². The molecule has 1 saturated heterocycles. The minimum absolute atomic E-state index is 0.00316. The maximum absolute atomic E-state index is 14.6. The van der Waals surface area contributed by atoms with Crippen LogP contribution < -0.4 is 21.9 Å². The molecular formula is C30H30F3N5O4S. The Balaban J connectivity index is 1.53. The first kappa shape index (κ1) is 30.3. The molecule has 1 atom stereocenters. The first-order valence-electron chi connectivity index (χ1n) is 13.6. The van der Waals surface area contributed by atoms with Crippen LogP contribution in [0.15, 0.2) is 87.3 Å². The van der Waals surface area contributed by atoms with Crippen LogP contribution in [0.25, 0.3) is 0 Å². The summed E-state index contributed by atoms with van der Waals surface area (Å²) < 4.78 is 72.3. The average molecular weight is 614 g/mol. The predicted molar refractivity (Wildman–Crippen MR) is 156 cm³/mol. The third-order valence-corrected chi connectivity index (χ3v) is 9.56. The highest BCUT2D eigenvalue weighted by molar-refractivity contribution is 7.89. The van der Waals surface area contributed by atoms with Gasteiger partial charge in [-0.3, -0.25) is 13.9 Å². The van der Waals surface area contributed by atoms with Gasteiger partial charge in [0.2, 0.25) is 10.0 Å². The van der Waals surface area contributed by atoms with Gasteiger partial charge in [-0.25, -0.2) is 26.4 Å². The topological polar surface area (TPSA) is 111 Å². The number of anilines is 1. The van der Waals surface area contributed by atoms with Crippen molar-refractivity contribution in [3.63, 3.8) is 0 Å². The number of sulfonamides is 1. The second kappa shape index (κ2) is 12.2. The van der Waals surface area contributed by atoms with E-state index < -0.39 is 51.3 Å². The van der Waals surface area contributed by atoms with Gasteiger partial charge in [0.1, 0.15) is 23.1 Å². The molecule has 2 N–H and O–H groups in total. The van der Waals surface area contributed by atoms with Crippen molar-refractivity contribution in [2.24, 2.45) is 5.73 Å². The van der Waals surface area contributed by atoms with E-state index in [9.17, 15) is 31.2 Å². The van der Waals surface area contributed by atoms with Gasteiger partial charge in [-0.05, 0) is 48.9 Å². The molecule has 13 heteroatoms. The Labute approximate surface area is 246 Å². The number of piperazine rings is 1. The van der Waals surface area contributed by atoms with Gasteiger partial charge in [-0.1, -0.05) is 36.4 Å². The van der Waals surface area contributed by atoms with Crippen molar-refractivity contribution >= 4 is 15.7 Å². The standard InChI is InChI=1S/C30H30F3N5O4S/c1-20-28(35-14-16-36(17-15-35)43(41,42)23-12-10-22(31)11-13-23)29(39)38(19-27(34)21-6-3-2-4-7-21)30(40)37(20)18-24-25(32)8-5-9-26(24)33/h2-13,27H,14-19,34H2,1H3/t27-/m1/s1. The molecule has 0 saturated carbocycles. The van der Waals surface area contributed by atoms with Crippen molar-refractivity contribution in [1.29, 1.82) is 0 Å². The summed E-state index contributed by atoms with van der Waals surface area (Å²) in [6.45, 7) is 1.02. The van der Waals surface area contributed by atoms with E-state index in [4.69, 9.17) is 5.73 Å². The smallest absolute Gasteiger partial charge is 0.331 e. The molecule has 0 aliphatic carbocycles. The highest BCUT2D eigenvalue weighted by atomic mass is 32.2. The Kier molecular flexibility index (Phi) is 8.58. The predicted octanol–water partition coefficient (Wildman–Crippen LogP) is 2.99. The first-order chi connectivity index (χ1) is 20.5. The number of nitrogens with zero attached hydrogens (tertiary/aromatic N) is 4. The maximum Gasteiger partial charge on any atom is 0.331 e. The van der Waals surface area contributed by atoms with Gasteiger partial charge in [0.25, 0.3) is 5.56 Å². The van der Waals surface area contributed by atoms with Crippen LogP contribution in [0.4, 0.5) is 18.9 Å². The van der Waals surface area contributed by atoms with Gasteiger partial charge in [-0.15, -0.1) is 0 Å². The molecule has 4 aromatic rings. The maximum atomic E-state index is 14.6. The summed E-state index contributed by atoms with van der Waals surface area (Å²) in [4.78, 5) is 29.2. The largest absolute Gasteiger partial charge is 0.363 e. The number of nitrogens with two attached hydrogens (primary N) is 1. The number of rotatable bonds is 8. The summed E-state index contributed by atoms with van der Waals surface area (Å²) >= 11 is 0. The van der Waals surface area contributed by atoms with E-state index >= 15 is 0 Å². The van der Waals surface area contributed by atoms with Gasteiger partial charge in [0.05, 0.1) is 18.0 Å². The van der Waals surface area contributed by atoms with Gasteiger partial charge in [0.15, 0.2) is 0 Å². The van der Waals surface area contributed by atoms with E-state index in [0.29, 0.717) is 5.56 Å². The quantitative estimate of drug-likeness (QED) is 0.327. The fourth-order valence-electron chi connectivity index (χ4n) is 5.25. The van der Waals surface area contributed by atoms with Crippen LogP contribution >= 0.6 is 0 Å². The molecule has 43 heavy (non-hydrogen) atoms. The van der Waals surface area contributed by atoms with Crippen molar-refractivity contribution in [2.45, 2.75) is 31.0 Å². The fraction of sp³-hybridized carbons (Fsp3) is 0.267. The molecule has 1 aliphatic rings. The van der Waals surface area contributed by atoms with Crippen molar-refractivity contribution in [2.75, 3.05) is 31.1 Å². The molecule has 9 nitrogen and oxygen atoms in total. The van der Waals surface area contributed by atoms with Crippen LogP contribution in [0.2, 0.25) is 0 Å². The lowest BCUT2D eigenvalue weighted by molar-refractivity contribution is 0.382. The highest BCUT2D eigenvalue weighted by Gasteiger charge is 2.31. The third-order valence-electron chi connectivity index (χ3n) is 7.65. The second-order valence-electron chi connectivity index (χ2n) is 10.3. The van der Waals surface area contributed by atoms with Crippen LogP contribution in [0.5, 0.6) is 0 Å². The van der Waals surface area contributed by atoms with Crippen molar-refractivity contribution in [3.05, 3.63) is 128 Å². The third kappa shape index (κ3) is 6.01. The lowest BCUT2D eigenvalue weighted by atomic mass is 10.1. The molecule has 2 heterocycles. The monoisotopic (exact) mass is 613 g/mol. The number of hydrogen-bond donors (Lipinski definition) is 1. The Bertz CT molecular complexity index is 1830. The van der Waals surface area contributed by atoms with Gasteiger partial charge in [0, 0.05) is 43.5 Å². The molecule has 0 amide bonds. The van der Waals surface area contributed by atoms with Crippen LogP contribution in [-0.4, -0.2) is 48.0 Å². The SMILES string of the molecule is Cc1c(N2CCN(S(=O)(=O)c3ccc(F)cc3)CC2)c(=O)n(C[C@@H](N)c2ccccc2)c(=O)n1Cc1c(F)cccc1F. The first-order valence-corrected chi connectivity index (χ1v) is 15.0. The van der Waals surface area contributed by atoms with Crippen LogP contribution in [0.3, 0.4) is 0 Å². The minimum atomic E-state index is -3.92. The van der Waals surface area contributed by atoms with E-state index in [1.54, 1.807) is 35.2 Å². The molecule has 1 fully saturated rings. The molecule has 1 aliphatic heterocycles. The zero-order valence-corrected chi connectivity index (χ0v) is 24.1. The zero-order valence-electron chi connectivity index (χ0n) is 23.3. The van der Waals surface area contributed by atoms with E-state index in [0.717, 1.165) is 33.4 Å². The highest BCUT2D eigenvalue weighted by Crippen LogP contribution is 2.23. The summed E-state index contributed by atoms with van der Waals surface area (Å²) in [5.41, 5.74) is 5.58. The van der Waals surface area contributed by atoms with E-state index in [1.165, 1.54) is 29.4 Å². The van der Waals surface area contributed by atoms with E-state index in [2.05, 4.69) is 0 Å². The molecule has 0 spiro atoms. The van der Waals surface area contributed by atoms with Gasteiger partial charge in [-0.2, -0.15) is 4.31 Å². The Morgan fingerprint density at radius 1 is 0.814 bits per heavy atom. The molecule has 0 radical (unpaired) electrons. The number of benzene rings is 3. The van der Waals surface area contributed by atoms with Crippen molar-refractivity contribution in [1.82, 2.24) is 13.4 Å². The lowest BCUT2D eigenvalue weighted by Gasteiger charge is -2.36. The molecule has 5 rings (SSSR count). The lowest BCUT2D eigenvalue weighted by Crippen LogP contribution is -2.52. The zero-order chi connectivity index (χ0) is 30.9. The molecule has 226 valence electrons. The summed E-state index contributed by atoms with van der Waals surface area (Å²) in [6, 6.07) is 16.0. The van der Waals surface area contributed by atoms with Gasteiger partial charge >= 0.3 is 5.69 Å². The summed E-state index contributed by atoms with van der Waals surface area (Å²) in [6.07, 6.45) is 0. The van der Waals surface area contributed by atoms with Gasteiger partial charge < -0.3 is 10.6 Å². The molecule has 1 aromatic heterocycles. The van der Waals surface area contributed by atoms with Crippen LogP contribution in [0, 0.1) is 24.4 Å². The fourth-order valence-corrected chi connectivity index (χ4v) is 6.67. The van der Waals surface area contributed by atoms with Crippen molar-refractivity contribution < 1.29 is 21.6 Å². The second-order valence-corrected chi connectivity index (χ2v) is 12.2. The van der Waals surface area contributed by atoms with Crippen LogP contribution in [-0.2, 0) is 23.1 Å². The molecule has 0 unspecified atom stereocenters. The minimum Gasteiger partial charge on any atom is -0.363 e. The average Bonchev–Trinajstić information content (AvgIpc) is 2.99. The van der Waals surface area contributed by atoms with Crippen molar-refractivity contribution in [3.8, 4) is 0 Å². The summed E-state index contributed by atoms with van der Waals surface area (Å²) in [5.74, 6) is -2.25. The molecular weight excluding hydrogens is 583 g/mol. The summed E-state index contributed by atoms with van der Waals surface area (Å²) in [7, 11) is -3.92. The molecule has 0 bridgehead atoms. The number of hydrogen-bond acceptors (Lipinski definition) is 6. The Morgan fingerprint density at radius 3 is 2.02 bits per heavy atom.